The predicted octanol–water partition coefficient (Wildman–Crippen LogP) is 23.1. The Morgan fingerprint density at radius 1 is 0.483 bits per heavy atom. The van der Waals surface area contributed by atoms with E-state index in [1.807, 2.05) is 64.3 Å². The van der Waals surface area contributed by atoms with Crippen LogP contribution in [0.1, 0.15) is 46.6 Å². The second-order valence-corrected chi connectivity index (χ2v) is 21.2. The average molecular weight is 1160 g/mol. The number of benzene rings is 10. The molecule has 0 aliphatic carbocycles. The highest BCUT2D eigenvalue weighted by Crippen LogP contribution is 2.42. The summed E-state index contributed by atoms with van der Waals surface area (Å²) in [6.45, 7) is 27.4. The van der Waals surface area contributed by atoms with Crippen molar-refractivity contribution in [1.29, 1.82) is 0 Å². The first-order valence-electron chi connectivity index (χ1n) is 30.4. The maximum atomic E-state index is 5.52. The zero-order chi connectivity index (χ0) is 62.7. The number of rotatable bonds is 16. The van der Waals surface area contributed by atoms with Crippen molar-refractivity contribution in [2.24, 2.45) is 0 Å². The zero-order valence-electron chi connectivity index (χ0n) is 52.4. The van der Waals surface area contributed by atoms with E-state index in [4.69, 9.17) is 9.97 Å². The van der Waals surface area contributed by atoms with E-state index in [1.165, 1.54) is 33.3 Å². The lowest BCUT2D eigenvalue weighted by molar-refractivity contribution is 0.748. The summed E-state index contributed by atoms with van der Waals surface area (Å²) in [5.41, 5.74) is 20.2. The summed E-state index contributed by atoms with van der Waals surface area (Å²) in [6, 6.07) is 89.6. The minimum Gasteiger partial charge on any atom is -0.388 e. The fraction of sp³-hybridized carbons (Fsp3) is 0.108. The molecule has 6 heteroatoms. The molecule has 89 heavy (non-hydrogen) atoms. The average Bonchev–Trinajstić information content (AvgIpc) is 1.98. The van der Waals surface area contributed by atoms with Gasteiger partial charge in [0, 0.05) is 73.5 Å². The second kappa shape index (κ2) is 33.2. The van der Waals surface area contributed by atoms with Crippen LogP contribution in [0.5, 0.6) is 0 Å². The van der Waals surface area contributed by atoms with Crippen LogP contribution >= 0.6 is 0 Å². The number of hydrogen-bond acceptors (Lipinski definition) is 5. The molecule has 6 nitrogen and oxygen atoms in total. The van der Waals surface area contributed by atoms with Crippen LogP contribution in [0.2, 0.25) is 0 Å². The molecule has 0 fully saturated rings. The molecule has 0 spiro atoms. The zero-order valence-corrected chi connectivity index (χ0v) is 52.4. The van der Waals surface area contributed by atoms with E-state index in [2.05, 4.69) is 309 Å². The quantitative estimate of drug-likeness (QED) is 0.0746. The summed E-state index contributed by atoms with van der Waals surface area (Å²) >= 11 is 0. The van der Waals surface area contributed by atoms with Crippen LogP contribution in [0, 0.1) is 6.92 Å². The highest BCUT2D eigenvalue weighted by atomic mass is 15.2. The lowest BCUT2D eigenvalue weighted by Gasteiger charge is -2.34. The number of anilines is 5. The van der Waals surface area contributed by atoms with Crippen LogP contribution in [0.4, 0.5) is 28.4 Å². The molecule has 0 radical (unpaired) electrons. The summed E-state index contributed by atoms with van der Waals surface area (Å²) in [6.07, 6.45) is 14.4. The fourth-order valence-electron chi connectivity index (χ4n) is 10.4. The molecule has 0 saturated carbocycles. The summed E-state index contributed by atoms with van der Waals surface area (Å²) < 4.78 is 0. The Bertz CT molecular complexity index is 4190. The third kappa shape index (κ3) is 16.6. The molecule has 0 aliphatic heterocycles. The van der Waals surface area contributed by atoms with E-state index >= 15 is 0 Å². The Kier molecular flexibility index (Phi) is 23.9. The number of para-hydroxylation sites is 5. The van der Waals surface area contributed by atoms with Crippen LogP contribution in [0.15, 0.2) is 329 Å². The van der Waals surface area contributed by atoms with Gasteiger partial charge >= 0.3 is 0 Å². The minimum atomic E-state index is 0.191. The molecule has 2 aromatic heterocycles. The number of hydrogen-bond donors (Lipinski definition) is 2. The van der Waals surface area contributed by atoms with Crippen LogP contribution in [0.3, 0.4) is 0 Å². The molecule has 0 amide bonds. The molecule has 2 N–H and O–H groups in total. The topological polar surface area (TPSA) is 60.1 Å². The third-order valence-corrected chi connectivity index (χ3v) is 14.6. The molecule has 444 valence electrons. The Balaban J connectivity index is 0.000000251. The standard InChI is InChI=1S/C51H36N4.C22H26N2.C4H8.2C3H6/c1-34-23-25-36(26-24-34)49-50(54-51-44(20-12-22-48(51)53-49)42-18-9-8-17-41(42)35-13-4-2-5-14-35)37-27-29-39(30-28-37)55(38-15-6-3-7-16-38)40-31-32-47-45(33-40)43-19-10-11-21-46(43)52-47;1-4-17-23-18-11-16-22(19(2)3)24(20-12-7-5-8-13-20)21-14-9-6-10-15-21;1-3-4-2;2*1-3-2/h2-33,52H,1H3;4-15,18,22-23H,1-2,16-17H2,3H3;3-4H,1-2H3;2*3H,1H2,2H3/b;18-11+;4-3-;;. The van der Waals surface area contributed by atoms with Gasteiger partial charge in [-0.3, -0.25) is 0 Å². The highest BCUT2D eigenvalue weighted by Gasteiger charge is 2.22. The summed E-state index contributed by atoms with van der Waals surface area (Å²) in [4.78, 5) is 19.1. The lowest BCUT2D eigenvalue weighted by Crippen LogP contribution is -2.31. The molecule has 10 aromatic carbocycles. The predicted molar refractivity (Wildman–Crippen MR) is 388 cm³/mol. The van der Waals surface area contributed by atoms with Gasteiger partial charge in [-0.1, -0.05) is 230 Å². The third-order valence-electron chi connectivity index (χ3n) is 14.6. The normalized spacial score (nSPS) is 10.9. The molecule has 0 aliphatic rings. The van der Waals surface area contributed by atoms with Crippen molar-refractivity contribution in [1.82, 2.24) is 20.3 Å². The van der Waals surface area contributed by atoms with E-state index < -0.39 is 0 Å². The Morgan fingerprint density at radius 3 is 1.55 bits per heavy atom. The number of fused-ring (bicyclic) bond motifs is 4. The Morgan fingerprint density at radius 2 is 0.966 bits per heavy atom. The summed E-state index contributed by atoms with van der Waals surface area (Å²) in [5, 5.41) is 5.61. The highest BCUT2D eigenvalue weighted by molar-refractivity contribution is 6.09. The van der Waals surface area contributed by atoms with Gasteiger partial charge in [0.05, 0.1) is 28.5 Å². The maximum absolute atomic E-state index is 5.52. The SMILES string of the molecule is C/C=C\C.C=CC.C=CC.C=CCN/C=C/CC(C(=C)C)N(c1ccccc1)c1ccccc1.Cc1ccc(-c2nc3cccc(-c4ccccc4-c4ccccc4)c3nc2-c2ccc(N(c3ccccc3)c3ccc4[nH]c5ccccc5c4c3)cc2)cc1. The van der Waals surface area contributed by atoms with E-state index in [1.54, 1.807) is 12.2 Å². The van der Waals surface area contributed by atoms with Gasteiger partial charge in [0.15, 0.2) is 0 Å². The number of nitrogens with zero attached hydrogens (tertiary/aromatic N) is 4. The molecule has 0 bridgehead atoms. The molecule has 1 unspecified atom stereocenters. The summed E-state index contributed by atoms with van der Waals surface area (Å²) in [7, 11) is 0. The van der Waals surface area contributed by atoms with Crippen LogP contribution in [-0.4, -0.2) is 27.5 Å². The molecular weight excluding hydrogens is 1080 g/mol. The Hall–Kier alpha value is -10.8. The number of aryl methyl sites for hydroxylation is 1. The van der Waals surface area contributed by atoms with Crippen molar-refractivity contribution in [2.45, 2.75) is 54.0 Å². The number of aromatic nitrogens is 3. The van der Waals surface area contributed by atoms with Crippen molar-refractivity contribution >= 4 is 61.3 Å². The van der Waals surface area contributed by atoms with Crippen LogP contribution in [-0.2, 0) is 0 Å². The number of H-pyrrole nitrogens is 1. The van der Waals surface area contributed by atoms with E-state index in [-0.39, 0.29) is 6.04 Å². The van der Waals surface area contributed by atoms with Gasteiger partial charge < -0.3 is 20.1 Å². The van der Waals surface area contributed by atoms with Crippen molar-refractivity contribution in [3.63, 3.8) is 0 Å². The van der Waals surface area contributed by atoms with E-state index in [0.717, 1.165) is 96.9 Å². The smallest absolute Gasteiger partial charge is 0.0973 e. The van der Waals surface area contributed by atoms with E-state index in [9.17, 15) is 0 Å². The second-order valence-electron chi connectivity index (χ2n) is 21.2. The molecule has 2 heterocycles. The van der Waals surface area contributed by atoms with Crippen molar-refractivity contribution < 1.29 is 0 Å². The van der Waals surface area contributed by atoms with Crippen LogP contribution in [0.25, 0.3) is 77.6 Å². The maximum Gasteiger partial charge on any atom is 0.0973 e. The van der Waals surface area contributed by atoms with Gasteiger partial charge in [-0.2, -0.15) is 0 Å². The van der Waals surface area contributed by atoms with Gasteiger partial charge in [0.25, 0.3) is 0 Å². The molecule has 1 atom stereocenters. The monoisotopic (exact) mass is 1160 g/mol. The van der Waals surface area contributed by atoms with Gasteiger partial charge in [0.2, 0.25) is 0 Å². The first kappa shape index (κ1) is 64.2. The van der Waals surface area contributed by atoms with Crippen molar-refractivity contribution in [3.05, 3.63) is 335 Å². The van der Waals surface area contributed by atoms with Gasteiger partial charge in [-0.05, 0) is 150 Å². The lowest BCUT2D eigenvalue weighted by atomic mass is 9.93. The Labute approximate surface area is 528 Å². The molecule has 12 aromatic rings. The first-order chi connectivity index (χ1) is 43.7. The number of nitrogens with one attached hydrogen (secondary N) is 2. The van der Waals surface area contributed by atoms with Gasteiger partial charge in [0.1, 0.15) is 0 Å². The minimum absolute atomic E-state index is 0.191. The largest absolute Gasteiger partial charge is 0.388 e. The fourth-order valence-corrected chi connectivity index (χ4v) is 10.4. The molecule has 0 saturated heterocycles. The number of aromatic amines is 1. The summed E-state index contributed by atoms with van der Waals surface area (Å²) in [5.74, 6) is 0. The van der Waals surface area contributed by atoms with Gasteiger partial charge in [-0.25, -0.2) is 9.97 Å². The van der Waals surface area contributed by atoms with E-state index in [0.29, 0.717) is 0 Å². The molecule has 12 rings (SSSR count). The van der Waals surface area contributed by atoms with Gasteiger partial charge in [-0.15, -0.1) is 19.7 Å². The van der Waals surface area contributed by atoms with Crippen LogP contribution < -0.4 is 15.1 Å². The van der Waals surface area contributed by atoms with Crippen molar-refractivity contribution in [3.8, 4) is 44.8 Å². The number of allylic oxidation sites excluding steroid dienone is 4. The van der Waals surface area contributed by atoms with Crippen molar-refractivity contribution in [2.75, 3.05) is 16.3 Å². The first-order valence-corrected chi connectivity index (χ1v) is 30.4. The molecular formula is C83H82N6.